The van der Waals surface area contributed by atoms with Crippen molar-refractivity contribution in [2.24, 2.45) is 0 Å². The van der Waals surface area contributed by atoms with Crippen LogP contribution in [-0.4, -0.2) is 33.8 Å². The monoisotopic (exact) mass is 474 g/mol. The van der Waals surface area contributed by atoms with Gasteiger partial charge in [0.25, 0.3) is 15.9 Å². The number of fused-ring (bicyclic) bond motifs is 1. The number of anilines is 2. The predicted molar refractivity (Wildman–Crippen MR) is 121 cm³/mol. The number of hydrogen-bond donors (Lipinski definition) is 2. The van der Waals surface area contributed by atoms with Crippen LogP contribution in [0.25, 0.3) is 0 Å². The third-order valence-corrected chi connectivity index (χ3v) is 6.82. The quantitative estimate of drug-likeness (QED) is 0.516. The van der Waals surface area contributed by atoms with Crippen LogP contribution in [0.3, 0.4) is 0 Å². The molecule has 0 saturated carbocycles. The highest BCUT2D eigenvalue weighted by atomic mass is 32.2. The van der Waals surface area contributed by atoms with Crippen LogP contribution in [0.2, 0.25) is 0 Å². The number of thioether (sulfide) groups is 1. The number of carbonyl (C=O) groups is 1. The van der Waals surface area contributed by atoms with E-state index in [1.807, 2.05) is 6.26 Å². The summed E-state index contributed by atoms with van der Waals surface area (Å²) < 4.78 is 52.2. The summed E-state index contributed by atoms with van der Waals surface area (Å²) in [6.45, 7) is 0.892. The highest BCUT2D eigenvalue weighted by Gasteiger charge is 2.19. The largest absolute Gasteiger partial charge is 0.486 e. The zero-order chi connectivity index (χ0) is 22.7. The SMILES string of the molecule is CSc1cc2c(cc1NC(=O)c1ccc(S(=O)(=O)Nc3ccccc3F)cc1)OCCO2. The van der Waals surface area contributed by atoms with Crippen LogP contribution in [0.5, 0.6) is 11.5 Å². The lowest BCUT2D eigenvalue weighted by Crippen LogP contribution is -2.17. The normalized spacial score (nSPS) is 12.8. The van der Waals surface area contributed by atoms with Gasteiger partial charge in [0.05, 0.1) is 16.3 Å². The first-order valence-corrected chi connectivity index (χ1v) is 12.2. The molecule has 0 fully saturated rings. The molecule has 3 aromatic rings. The average Bonchev–Trinajstić information content (AvgIpc) is 2.80. The Hall–Kier alpha value is -3.24. The molecule has 3 aromatic carbocycles. The molecule has 2 N–H and O–H groups in total. The minimum absolute atomic E-state index is 0.0959. The lowest BCUT2D eigenvalue weighted by Gasteiger charge is -2.21. The molecular weight excluding hydrogens is 455 g/mol. The average molecular weight is 475 g/mol. The smallest absolute Gasteiger partial charge is 0.261 e. The zero-order valence-electron chi connectivity index (χ0n) is 16.9. The lowest BCUT2D eigenvalue weighted by molar-refractivity contribution is 0.102. The number of ether oxygens (including phenoxy) is 2. The Morgan fingerprint density at radius 3 is 2.28 bits per heavy atom. The van der Waals surface area contributed by atoms with Gasteiger partial charge in [0.1, 0.15) is 19.0 Å². The molecule has 0 spiro atoms. The van der Waals surface area contributed by atoms with Crippen molar-refractivity contribution in [2.75, 3.05) is 29.5 Å². The van der Waals surface area contributed by atoms with Gasteiger partial charge in [-0.25, -0.2) is 12.8 Å². The first kappa shape index (κ1) is 22.0. The Bertz CT molecular complexity index is 1260. The summed E-state index contributed by atoms with van der Waals surface area (Å²) in [5.74, 6) is 0.0691. The molecular formula is C22H19FN2O5S2. The highest BCUT2D eigenvalue weighted by molar-refractivity contribution is 7.98. The fraction of sp³-hybridized carbons (Fsp3) is 0.136. The van der Waals surface area contributed by atoms with Crippen LogP contribution < -0.4 is 19.5 Å². The molecule has 1 aliphatic heterocycles. The van der Waals surface area contributed by atoms with E-state index in [2.05, 4.69) is 10.0 Å². The van der Waals surface area contributed by atoms with E-state index in [1.54, 1.807) is 12.1 Å². The van der Waals surface area contributed by atoms with Crippen molar-refractivity contribution in [1.82, 2.24) is 0 Å². The fourth-order valence-corrected chi connectivity index (χ4v) is 4.69. The molecule has 0 aromatic heterocycles. The second kappa shape index (κ2) is 9.09. The maximum atomic E-state index is 13.8. The van der Waals surface area contributed by atoms with E-state index in [9.17, 15) is 17.6 Å². The molecule has 1 amide bonds. The summed E-state index contributed by atoms with van der Waals surface area (Å²) in [5, 5.41) is 2.82. The van der Waals surface area contributed by atoms with Crippen molar-refractivity contribution in [3.05, 3.63) is 72.0 Å². The van der Waals surface area contributed by atoms with Gasteiger partial charge in [-0.05, 0) is 48.7 Å². The Morgan fingerprint density at radius 2 is 1.62 bits per heavy atom. The van der Waals surface area contributed by atoms with Gasteiger partial charge in [0.15, 0.2) is 11.5 Å². The van der Waals surface area contributed by atoms with Crippen LogP contribution in [0.15, 0.2) is 70.5 Å². The number of sulfonamides is 1. The molecule has 4 rings (SSSR count). The number of carbonyl (C=O) groups excluding carboxylic acids is 1. The minimum Gasteiger partial charge on any atom is -0.486 e. The zero-order valence-corrected chi connectivity index (χ0v) is 18.6. The van der Waals surface area contributed by atoms with Crippen LogP contribution in [0.4, 0.5) is 15.8 Å². The van der Waals surface area contributed by atoms with Crippen LogP contribution in [0, 0.1) is 5.82 Å². The van der Waals surface area contributed by atoms with Gasteiger partial charge in [0, 0.05) is 16.5 Å². The van der Waals surface area contributed by atoms with E-state index in [1.165, 1.54) is 54.2 Å². The number of para-hydroxylation sites is 1. The highest BCUT2D eigenvalue weighted by Crippen LogP contribution is 2.39. The van der Waals surface area contributed by atoms with E-state index in [4.69, 9.17) is 9.47 Å². The molecule has 32 heavy (non-hydrogen) atoms. The van der Waals surface area contributed by atoms with Crippen molar-refractivity contribution >= 4 is 39.1 Å². The van der Waals surface area contributed by atoms with Crippen LogP contribution in [0.1, 0.15) is 10.4 Å². The molecule has 0 saturated heterocycles. The minimum atomic E-state index is -4.01. The summed E-state index contributed by atoms with van der Waals surface area (Å²) in [6, 6.07) is 14.3. The van der Waals surface area contributed by atoms with E-state index in [0.717, 1.165) is 11.0 Å². The van der Waals surface area contributed by atoms with Gasteiger partial charge < -0.3 is 14.8 Å². The van der Waals surface area contributed by atoms with E-state index in [-0.39, 0.29) is 16.1 Å². The number of halogens is 1. The number of benzene rings is 3. The van der Waals surface area contributed by atoms with Gasteiger partial charge in [-0.3, -0.25) is 9.52 Å². The van der Waals surface area contributed by atoms with Gasteiger partial charge >= 0.3 is 0 Å². The predicted octanol–water partition coefficient (Wildman–Crippen LogP) is 4.37. The summed E-state index contributed by atoms with van der Waals surface area (Å²) in [6.07, 6.45) is 1.88. The number of nitrogens with one attached hydrogen (secondary N) is 2. The first-order chi connectivity index (χ1) is 15.4. The second-order valence-electron chi connectivity index (χ2n) is 6.76. The second-order valence-corrected chi connectivity index (χ2v) is 9.29. The van der Waals surface area contributed by atoms with Crippen molar-refractivity contribution in [1.29, 1.82) is 0 Å². The topological polar surface area (TPSA) is 93.7 Å². The molecule has 0 unspecified atom stereocenters. The van der Waals surface area contributed by atoms with E-state index in [0.29, 0.717) is 30.4 Å². The molecule has 10 heteroatoms. The first-order valence-electron chi connectivity index (χ1n) is 9.54. The van der Waals surface area contributed by atoms with Gasteiger partial charge in [-0.15, -0.1) is 11.8 Å². The summed E-state index contributed by atoms with van der Waals surface area (Å²) in [7, 11) is -4.01. The molecule has 0 radical (unpaired) electrons. The van der Waals surface area contributed by atoms with Crippen molar-refractivity contribution in [2.45, 2.75) is 9.79 Å². The number of rotatable bonds is 6. The third-order valence-electron chi connectivity index (χ3n) is 4.66. The number of hydrogen-bond acceptors (Lipinski definition) is 6. The Labute approximate surface area is 189 Å². The molecule has 7 nitrogen and oxygen atoms in total. The van der Waals surface area contributed by atoms with Gasteiger partial charge in [0.2, 0.25) is 0 Å². The number of amides is 1. The van der Waals surface area contributed by atoms with Crippen LogP contribution in [-0.2, 0) is 10.0 Å². The van der Waals surface area contributed by atoms with Crippen molar-refractivity contribution < 1.29 is 27.1 Å². The summed E-state index contributed by atoms with van der Waals surface area (Å²) in [5.41, 5.74) is 0.666. The molecule has 166 valence electrons. The Morgan fingerprint density at radius 1 is 0.969 bits per heavy atom. The third kappa shape index (κ3) is 4.66. The fourth-order valence-electron chi connectivity index (χ4n) is 3.06. The Kier molecular flexibility index (Phi) is 6.24. The van der Waals surface area contributed by atoms with Gasteiger partial charge in [-0.1, -0.05) is 12.1 Å². The summed E-state index contributed by atoms with van der Waals surface area (Å²) >= 11 is 1.44. The molecule has 1 heterocycles. The molecule has 0 atom stereocenters. The maximum absolute atomic E-state index is 13.8. The van der Waals surface area contributed by atoms with E-state index < -0.39 is 21.7 Å². The molecule has 0 bridgehead atoms. The summed E-state index contributed by atoms with van der Waals surface area (Å²) in [4.78, 5) is 13.4. The molecule has 0 aliphatic carbocycles. The Balaban J connectivity index is 1.52. The lowest BCUT2D eigenvalue weighted by atomic mass is 10.2. The molecule has 1 aliphatic rings. The van der Waals surface area contributed by atoms with Crippen molar-refractivity contribution in [3.63, 3.8) is 0 Å². The van der Waals surface area contributed by atoms with Crippen LogP contribution >= 0.6 is 11.8 Å². The van der Waals surface area contributed by atoms with E-state index >= 15 is 0 Å². The maximum Gasteiger partial charge on any atom is 0.261 e. The van der Waals surface area contributed by atoms with Crippen molar-refractivity contribution in [3.8, 4) is 11.5 Å². The standard InChI is InChI=1S/C22H19FN2O5S2/c1-31-21-13-20-19(29-10-11-30-20)12-18(21)24-22(26)14-6-8-15(9-7-14)32(27,28)25-17-5-3-2-4-16(17)23/h2-9,12-13,25H,10-11H2,1H3,(H,24,26). The van der Waals surface area contributed by atoms with Gasteiger partial charge in [-0.2, -0.15) is 0 Å².